The van der Waals surface area contributed by atoms with Gasteiger partial charge in [-0.2, -0.15) is 0 Å². The molecule has 0 radical (unpaired) electrons. The van der Waals surface area contributed by atoms with Crippen molar-refractivity contribution in [1.82, 2.24) is 5.32 Å². The summed E-state index contributed by atoms with van der Waals surface area (Å²) in [5, 5.41) is 3.32. The van der Waals surface area contributed by atoms with E-state index in [1.807, 2.05) is 0 Å². The Morgan fingerprint density at radius 3 is 1.82 bits per heavy atom. The van der Waals surface area contributed by atoms with Crippen molar-refractivity contribution in [3.8, 4) is 0 Å². The Morgan fingerprint density at radius 1 is 0.882 bits per heavy atom. The van der Waals surface area contributed by atoms with Gasteiger partial charge in [-0.25, -0.2) is 0 Å². The van der Waals surface area contributed by atoms with E-state index in [2.05, 4.69) is 12.2 Å². The highest BCUT2D eigenvalue weighted by atomic mass is 32.1. The SMILES string of the molecule is CCCCCCCCCCCCOC(=S)NC. The molecule has 0 saturated heterocycles. The number of thiocarbonyl (C=S) groups is 1. The van der Waals surface area contributed by atoms with Crippen LogP contribution in [0.15, 0.2) is 0 Å². The molecule has 3 heteroatoms. The van der Waals surface area contributed by atoms with Crippen LogP contribution in [-0.4, -0.2) is 18.8 Å². The molecule has 17 heavy (non-hydrogen) atoms. The summed E-state index contributed by atoms with van der Waals surface area (Å²) in [6, 6.07) is 0. The molecule has 102 valence electrons. The summed E-state index contributed by atoms with van der Waals surface area (Å²) >= 11 is 4.89. The molecule has 0 amide bonds. The van der Waals surface area contributed by atoms with Crippen LogP contribution in [0.2, 0.25) is 0 Å². The van der Waals surface area contributed by atoms with Gasteiger partial charge in [0.25, 0.3) is 5.17 Å². The van der Waals surface area contributed by atoms with E-state index in [0.717, 1.165) is 13.0 Å². The van der Waals surface area contributed by atoms with Crippen LogP contribution in [0.25, 0.3) is 0 Å². The topological polar surface area (TPSA) is 21.3 Å². The van der Waals surface area contributed by atoms with Crippen molar-refractivity contribution in [3.05, 3.63) is 0 Å². The van der Waals surface area contributed by atoms with Gasteiger partial charge in [0.05, 0.1) is 6.61 Å². The summed E-state index contributed by atoms with van der Waals surface area (Å²) in [6.07, 6.45) is 13.5. The third kappa shape index (κ3) is 13.6. The molecule has 0 atom stereocenters. The zero-order valence-electron chi connectivity index (χ0n) is 11.6. The summed E-state index contributed by atoms with van der Waals surface area (Å²) < 4.78 is 5.28. The standard InChI is InChI=1S/C14H29NOS/c1-3-4-5-6-7-8-9-10-11-12-13-16-14(17)15-2/h3-13H2,1-2H3,(H,15,17). The average molecular weight is 259 g/mol. The predicted octanol–water partition coefficient (Wildman–Crippen LogP) is 4.43. The van der Waals surface area contributed by atoms with E-state index in [1.54, 1.807) is 7.05 Å². The lowest BCUT2D eigenvalue weighted by Crippen LogP contribution is -2.19. The number of ether oxygens (including phenoxy) is 1. The molecule has 0 rings (SSSR count). The maximum Gasteiger partial charge on any atom is 0.256 e. The van der Waals surface area contributed by atoms with Crippen LogP contribution in [0.5, 0.6) is 0 Å². The van der Waals surface area contributed by atoms with Crippen molar-refractivity contribution in [2.24, 2.45) is 0 Å². The van der Waals surface area contributed by atoms with Gasteiger partial charge in [0.2, 0.25) is 0 Å². The first-order chi connectivity index (χ1) is 8.31. The number of nitrogens with one attached hydrogen (secondary N) is 1. The van der Waals surface area contributed by atoms with Crippen molar-refractivity contribution in [2.45, 2.75) is 71.1 Å². The van der Waals surface area contributed by atoms with Crippen LogP contribution in [-0.2, 0) is 4.74 Å². The molecule has 0 aliphatic carbocycles. The minimum absolute atomic E-state index is 0.515. The Morgan fingerprint density at radius 2 is 1.35 bits per heavy atom. The van der Waals surface area contributed by atoms with Gasteiger partial charge in [-0.1, -0.05) is 64.7 Å². The van der Waals surface area contributed by atoms with Gasteiger partial charge in [0, 0.05) is 7.05 Å². The number of hydrogen-bond donors (Lipinski definition) is 1. The predicted molar refractivity (Wildman–Crippen MR) is 79.5 cm³/mol. The van der Waals surface area contributed by atoms with E-state index < -0.39 is 0 Å². The minimum atomic E-state index is 0.515. The maximum atomic E-state index is 5.28. The first kappa shape index (κ1) is 16.7. The van der Waals surface area contributed by atoms with Crippen LogP contribution in [0.4, 0.5) is 0 Å². The second-order valence-corrected chi connectivity index (χ2v) is 4.94. The summed E-state index contributed by atoms with van der Waals surface area (Å²) in [6.45, 7) is 3.03. The molecule has 0 aliphatic rings. The lowest BCUT2D eigenvalue weighted by molar-refractivity contribution is 0.289. The Bertz CT molecular complexity index is 174. The smallest absolute Gasteiger partial charge is 0.256 e. The molecule has 0 saturated carbocycles. The fourth-order valence-corrected chi connectivity index (χ4v) is 1.91. The van der Waals surface area contributed by atoms with E-state index in [9.17, 15) is 0 Å². The Labute approximate surface area is 113 Å². The molecule has 0 aromatic heterocycles. The zero-order chi connectivity index (χ0) is 12.8. The van der Waals surface area contributed by atoms with Gasteiger partial charge in [0.1, 0.15) is 0 Å². The molecule has 0 aromatic rings. The number of rotatable bonds is 11. The molecule has 0 heterocycles. The lowest BCUT2D eigenvalue weighted by Gasteiger charge is -2.06. The van der Waals surface area contributed by atoms with E-state index >= 15 is 0 Å². The van der Waals surface area contributed by atoms with Crippen LogP contribution < -0.4 is 5.32 Å². The van der Waals surface area contributed by atoms with Gasteiger partial charge in [0.15, 0.2) is 0 Å². The lowest BCUT2D eigenvalue weighted by atomic mass is 10.1. The molecule has 0 aromatic carbocycles. The van der Waals surface area contributed by atoms with E-state index in [1.165, 1.54) is 57.8 Å². The molecular formula is C14H29NOS. The highest BCUT2D eigenvalue weighted by Gasteiger charge is 1.94. The highest BCUT2D eigenvalue weighted by Crippen LogP contribution is 2.10. The summed E-state index contributed by atoms with van der Waals surface area (Å²) in [5.74, 6) is 0. The number of hydrogen-bond acceptors (Lipinski definition) is 2. The molecular weight excluding hydrogens is 230 g/mol. The first-order valence-corrected chi connectivity index (χ1v) is 7.56. The molecule has 0 unspecified atom stereocenters. The normalized spacial score (nSPS) is 10.2. The Balaban J connectivity index is 2.96. The molecule has 2 nitrogen and oxygen atoms in total. The van der Waals surface area contributed by atoms with E-state index in [-0.39, 0.29) is 0 Å². The van der Waals surface area contributed by atoms with Crippen LogP contribution in [0.3, 0.4) is 0 Å². The fraction of sp³-hybridized carbons (Fsp3) is 0.929. The highest BCUT2D eigenvalue weighted by molar-refractivity contribution is 7.80. The third-order valence-electron chi connectivity index (χ3n) is 2.94. The monoisotopic (exact) mass is 259 g/mol. The quantitative estimate of drug-likeness (QED) is 0.438. The minimum Gasteiger partial charge on any atom is -0.471 e. The second kappa shape index (κ2) is 13.8. The number of unbranched alkanes of at least 4 members (excludes halogenated alkanes) is 9. The van der Waals surface area contributed by atoms with Crippen molar-refractivity contribution >= 4 is 17.4 Å². The van der Waals surface area contributed by atoms with Gasteiger partial charge in [-0.05, 0) is 18.6 Å². The van der Waals surface area contributed by atoms with E-state index in [4.69, 9.17) is 17.0 Å². The zero-order valence-corrected chi connectivity index (χ0v) is 12.4. The molecule has 0 fully saturated rings. The van der Waals surface area contributed by atoms with Gasteiger partial charge in [-0.15, -0.1) is 0 Å². The van der Waals surface area contributed by atoms with E-state index in [0.29, 0.717) is 5.17 Å². The summed E-state index contributed by atoms with van der Waals surface area (Å²) in [4.78, 5) is 0. The maximum absolute atomic E-state index is 5.28. The fourth-order valence-electron chi connectivity index (χ4n) is 1.83. The van der Waals surface area contributed by atoms with Gasteiger partial charge >= 0.3 is 0 Å². The van der Waals surface area contributed by atoms with Crippen molar-refractivity contribution in [1.29, 1.82) is 0 Å². The molecule has 0 spiro atoms. The average Bonchev–Trinajstić information content (AvgIpc) is 2.35. The molecule has 1 N–H and O–H groups in total. The van der Waals surface area contributed by atoms with Crippen LogP contribution in [0, 0.1) is 0 Å². The van der Waals surface area contributed by atoms with Crippen LogP contribution in [0.1, 0.15) is 71.1 Å². The third-order valence-corrected chi connectivity index (χ3v) is 3.26. The Hall–Kier alpha value is -0.310. The molecule has 0 aliphatic heterocycles. The largest absolute Gasteiger partial charge is 0.471 e. The first-order valence-electron chi connectivity index (χ1n) is 7.15. The Kier molecular flexibility index (Phi) is 13.5. The van der Waals surface area contributed by atoms with Crippen molar-refractivity contribution in [3.63, 3.8) is 0 Å². The van der Waals surface area contributed by atoms with Gasteiger partial charge < -0.3 is 10.1 Å². The molecule has 0 bridgehead atoms. The van der Waals surface area contributed by atoms with Crippen molar-refractivity contribution in [2.75, 3.05) is 13.7 Å². The van der Waals surface area contributed by atoms with Crippen LogP contribution >= 0.6 is 12.2 Å². The second-order valence-electron chi connectivity index (χ2n) is 4.57. The summed E-state index contributed by atoms with van der Waals surface area (Å²) in [7, 11) is 1.79. The van der Waals surface area contributed by atoms with Gasteiger partial charge in [-0.3, -0.25) is 0 Å². The van der Waals surface area contributed by atoms with Crippen molar-refractivity contribution < 1.29 is 4.74 Å². The summed E-state index contributed by atoms with van der Waals surface area (Å²) in [5.41, 5.74) is 0.